The lowest BCUT2D eigenvalue weighted by Gasteiger charge is -2.51. The molecule has 26 heavy (non-hydrogen) atoms. The maximum atomic E-state index is 12.7. The van der Waals surface area contributed by atoms with Gasteiger partial charge in [-0.15, -0.1) is 0 Å². The predicted octanol–water partition coefficient (Wildman–Crippen LogP) is 1.07. The molecule has 2 aliphatic rings. The summed E-state index contributed by atoms with van der Waals surface area (Å²) in [5.74, 6) is -3.55. The third-order valence-corrected chi connectivity index (χ3v) is 5.92. The molecule has 1 saturated heterocycles. The fourth-order valence-electron chi connectivity index (χ4n) is 3.48. The molecule has 138 valence electrons. The van der Waals surface area contributed by atoms with Gasteiger partial charge in [-0.05, 0) is 23.8 Å². The van der Waals surface area contributed by atoms with Gasteiger partial charge in [-0.2, -0.15) is 12.6 Å². The summed E-state index contributed by atoms with van der Waals surface area (Å²) < 4.78 is 4.82. The minimum Gasteiger partial charge on any atom is -0.469 e. The number of carbonyl (C=O) groups excluding carboxylic acids is 4. The maximum Gasteiger partial charge on any atom is 0.312 e. The third kappa shape index (κ3) is 2.51. The number of ether oxygens (including phenoxy) is 1. The lowest BCUT2D eigenvalue weighted by molar-refractivity contribution is -0.156. The van der Waals surface area contributed by atoms with Crippen molar-refractivity contribution in [2.45, 2.75) is 18.0 Å². The van der Waals surface area contributed by atoms with Crippen molar-refractivity contribution < 1.29 is 23.9 Å². The number of hydrogen-bond donors (Lipinski definition) is 2. The number of rotatable bonds is 5. The van der Waals surface area contributed by atoms with Crippen molar-refractivity contribution in [2.24, 2.45) is 11.8 Å². The average molecular weight is 397 g/mol. The van der Waals surface area contributed by atoms with Crippen LogP contribution in [0.3, 0.4) is 0 Å². The van der Waals surface area contributed by atoms with E-state index in [0.29, 0.717) is 5.75 Å². The topological polar surface area (TPSA) is 92.8 Å². The highest BCUT2D eigenvalue weighted by Gasteiger charge is 2.66. The molecule has 1 fully saturated rings. The molecule has 1 aromatic carbocycles. The molecule has 0 radical (unpaired) electrons. The predicted molar refractivity (Wildman–Crippen MR) is 96.0 cm³/mol. The van der Waals surface area contributed by atoms with E-state index in [1.807, 2.05) is 0 Å². The van der Waals surface area contributed by atoms with Crippen LogP contribution < -0.4 is 5.32 Å². The fraction of sp³-hybridized carbons (Fsp3) is 0.412. The molecule has 4 unspecified atom stereocenters. The van der Waals surface area contributed by atoms with E-state index in [2.05, 4.69) is 17.9 Å². The number of alkyl halides is 1. The number of carbonyl (C=O) groups is 4. The Balaban J connectivity index is 2.02. The SMILES string of the molecule is COC(=O)C(C(C)CS)C1(Cl)NC(=O)C1N1C(=O)c2ccccc2C1=O. The van der Waals surface area contributed by atoms with Crippen LogP contribution in [0.15, 0.2) is 24.3 Å². The Morgan fingerprint density at radius 2 is 1.85 bits per heavy atom. The van der Waals surface area contributed by atoms with Gasteiger partial charge in [0.25, 0.3) is 11.8 Å². The first-order valence-corrected chi connectivity index (χ1v) is 8.95. The van der Waals surface area contributed by atoms with Crippen molar-refractivity contribution in [3.8, 4) is 0 Å². The zero-order valence-corrected chi connectivity index (χ0v) is 15.7. The van der Waals surface area contributed by atoms with E-state index in [1.165, 1.54) is 19.2 Å². The van der Waals surface area contributed by atoms with Crippen LogP contribution in [0.4, 0.5) is 0 Å². The molecule has 7 nitrogen and oxygen atoms in total. The van der Waals surface area contributed by atoms with Crippen LogP contribution in [0.2, 0.25) is 0 Å². The van der Waals surface area contributed by atoms with Crippen molar-refractivity contribution >= 4 is 47.9 Å². The van der Waals surface area contributed by atoms with E-state index >= 15 is 0 Å². The number of methoxy groups -OCH3 is 1. The maximum absolute atomic E-state index is 12.7. The summed E-state index contributed by atoms with van der Waals surface area (Å²) in [6.07, 6.45) is 0. The molecule has 3 rings (SSSR count). The summed E-state index contributed by atoms with van der Waals surface area (Å²) in [4.78, 5) is 49.2. The van der Waals surface area contributed by atoms with Crippen LogP contribution in [0.5, 0.6) is 0 Å². The van der Waals surface area contributed by atoms with Crippen molar-refractivity contribution in [1.82, 2.24) is 10.2 Å². The van der Waals surface area contributed by atoms with E-state index in [-0.39, 0.29) is 17.0 Å². The second-order valence-corrected chi connectivity index (χ2v) is 7.34. The zero-order chi connectivity index (χ0) is 19.2. The summed E-state index contributed by atoms with van der Waals surface area (Å²) in [5, 5.41) is 2.49. The summed E-state index contributed by atoms with van der Waals surface area (Å²) in [5.41, 5.74) is 0.404. The average Bonchev–Trinajstić information content (AvgIpc) is 2.86. The van der Waals surface area contributed by atoms with Gasteiger partial charge in [0.2, 0.25) is 5.91 Å². The van der Waals surface area contributed by atoms with Crippen molar-refractivity contribution in [2.75, 3.05) is 12.9 Å². The molecule has 2 heterocycles. The lowest BCUT2D eigenvalue weighted by atomic mass is 9.78. The molecule has 9 heteroatoms. The Bertz CT molecular complexity index is 781. The molecule has 0 spiro atoms. The Hall–Kier alpha value is -2.06. The molecule has 0 aliphatic carbocycles. The number of amides is 3. The number of esters is 1. The number of β-lactam (4-membered cyclic amide) rings is 1. The van der Waals surface area contributed by atoms with Gasteiger partial charge in [0.1, 0.15) is 0 Å². The molecular weight excluding hydrogens is 380 g/mol. The molecule has 1 N–H and O–H groups in total. The number of nitrogens with one attached hydrogen (secondary N) is 1. The first-order valence-electron chi connectivity index (χ1n) is 7.94. The van der Waals surface area contributed by atoms with Gasteiger partial charge < -0.3 is 10.1 Å². The highest BCUT2D eigenvalue weighted by Crippen LogP contribution is 2.43. The zero-order valence-electron chi connectivity index (χ0n) is 14.1. The van der Waals surface area contributed by atoms with Crippen LogP contribution in [0, 0.1) is 11.8 Å². The number of halogens is 1. The quantitative estimate of drug-likeness (QED) is 0.194. The van der Waals surface area contributed by atoms with Crippen LogP contribution in [0.25, 0.3) is 0 Å². The Morgan fingerprint density at radius 1 is 1.31 bits per heavy atom. The Kier molecular flexibility index (Phi) is 4.74. The molecule has 0 saturated carbocycles. The van der Waals surface area contributed by atoms with E-state index in [1.54, 1.807) is 19.1 Å². The number of hydrogen-bond acceptors (Lipinski definition) is 6. The molecular formula is C17H17ClN2O5S. The lowest BCUT2D eigenvalue weighted by Crippen LogP contribution is -2.80. The molecule has 2 aliphatic heterocycles. The number of thiol groups is 1. The van der Waals surface area contributed by atoms with E-state index in [9.17, 15) is 19.2 Å². The minimum absolute atomic E-state index is 0.202. The number of benzene rings is 1. The Labute approximate surface area is 160 Å². The van der Waals surface area contributed by atoms with Crippen LogP contribution >= 0.6 is 24.2 Å². The minimum atomic E-state index is -1.65. The van der Waals surface area contributed by atoms with Crippen LogP contribution in [-0.2, 0) is 14.3 Å². The standard InChI is InChI=1S/C17H17ClN2O5S/c1-8(7-26)11(16(24)25-2)17(18)12(13(21)19-17)20-14(22)9-5-3-4-6-10(9)15(20)23/h3-6,8,11-12,26H,7H2,1-2H3,(H,19,21). The largest absolute Gasteiger partial charge is 0.469 e. The van der Waals surface area contributed by atoms with Gasteiger partial charge in [-0.3, -0.25) is 24.1 Å². The van der Waals surface area contributed by atoms with Crippen molar-refractivity contribution in [1.29, 1.82) is 0 Å². The first kappa shape index (κ1) is 18.7. The molecule has 0 bridgehead atoms. The van der Waals surface area contributed by atoms with Gasteiger partial charge in [0.05, 0.1) is 24.2 Å². The van der Waals surface area contributed by atoms with Gasteiger partial charge in [-0.1, -0.05) is 30.7 Å². The van der Waals surface area contributed by atoms with Gasteiger partial charge >= 0.3 is 5.97 Å². The van der Waals surface area contributed by atoms with E-state index in [4.69, 9.17) is 16.3 Å². The number of nitrogens with zero attached hydrogens (tertiary/aromatic N) is 1. The highest BCUT2D eigenvalue weighted by atomic mass is 35.5. The molecule has 0 aromatic heterocycles. The second-order valence-electron chi connectivity index (χ2n) is 6.35. The normalized spacial score (nSPS) is 26.7. The van der Waals surface area contributed by atoms with E-state index in [0.717, 1.165) is 4.90 Å². The molecule has 3 amide bonds. The number of fused-ring (bicyclic) bond motifs is 1. The second kappa shape index (κ2) is 6.59. The first-order chi connectivity index (χ1) is 12.3. The van der Waals surface area contributed by atoms with Crippen molar-refractivity contribution in [3.05, 3.63) is 35.4 Å². The smallest absolute Gasteiger partial charge is 0.312 e. The van der Waals surface area contributed by atoms with Gasteiger partial charge in [0.15, 0.2) is 11.0 Å². The van der Waals surface area contributed by atoms with Crippen molar-refractivity contribution in [3.63, 3.8) is 0 Å². The summed E-state index contributed by atoms with van der Waals surface area (Å²) in [6.45, 7) is 1.72. The molecule has 1 aromatic rings. The highest BCUT2D eigenvalue weighted by molar-refractivity contribution is 7.80. The fourth-order valence-corrected chi connectivity index (χ4v) is 4.29. The Morgan fingerprint density at radius 3 is 2.27 bits per heavy atom. The third-order valence-electron chi connectivity index (χ3n) is 4.81. The summed E-state index contributed by atoms with van der Waals surface area (Å²) in [7, 11) is 1.21. The van der Waals surface area contributed by atoms with E-state index < -0.39 is 40.6 Å². The van der Waals surface area contributed by atoms with Crippen LogP contribution in [-0.4, -0.2) is 52.5 Å². The number of imide groups is 1. The summed E-state index contributed by atoms with van der Waals surface area (Å²) >= 11 is 10.8. The summed E-state index contributed by atoms with van der Waals surface area (Å²) in [6, 6.07) is 4.96. The monoisotopic (exact) mass is 396 g/mol. The van der Waals surface area contributed by atoms with Crippen LogP contribution in [0.1, 0.15) is 27.6 Å². The van der Waals surface area contributed by atoms with Gasteiger partial charge in [-0.25, -0.2) is 0 Å². The molecule has 4 atom stereocenters. The van der Waals surface area contributed by atoms with Gasteiger partial charge in [0, 0.05) is 0 Å².